The number of fused-ring (bicyclic) bond motifs is 2. The van der Waals surface area contributed by atoms with Crippen LogP contribution in [-0.4, -0.2) is 44.0 Å². The van der Waals surface area contributed by atoms with Crippen LogP contribution in [0.5, 0.6) is 11.5 Å². The van der Waals surface area contributed by atoms with Crippen molar-refractivity contribution >= 4 is 17.5 Å². The van der Waals surface area contributed by atoms with E-state index in [1.54, 1.807) is 24.0 Å². The topological polar surface area (TPSA) is 59.1 Å². The molecule has 0 aromatic heterocycles. The summed E-state index contributed by atoms with van der Waals surface area (Å²) in [6.07, 6.45) is 1.48. The Morgan fingerprint density at radius 1 is 0.893 bits per heavy atom. The maximum absolute atomic E-state index is 12.8. The van der Waals surface area contributed by atoms with Gasteiger partial charge in [0.15, 0.2) is 11.5 Å². The lowest BCUT2D eigenvalue weighted by atomic mass is 9.98. The lowest BCUT2D eigenvalue weighted by molar-refractivity contribution is -0.136. The van der Waals surface area contributed by atoms with E-state index in [1.165, 1.54) is 0 Å². The predicted molar refractivity (Wildman–Crippen MR) is 106 cm³/mol. The third kappa shape index (κ3) is 3.30. The van der Waals surface area contributed by atoms with Gasteiger partial charge in [-0.15, -0.1) is 0 Å². The van der Waals surface area contributed by atoms with Gasteiger partial charge in [-0.1, -0.05) is 18.2 Å². The molecule has 2 aromatic rings. The minimum Gasteiger partial charge on any atom is -0.493 e. The zero-order valence-corrected chi connectivity index (χ0v) is 16.2. The van der Waals surface area contributed by atoms with Gasteiger partial charge >= 0.3 is 0 Å². The van der Waals surface area contributed by atoms with E-state index >= 15 is 0 Å². The largest absolute Gasteiger partial charge is 0.493 e. The van der Waals surface area contributed by atoms with Crippen molar-refractivity contribution < 1.29 is 19.1 Å². The van der Waals surface area contributed by atoms with Gasteiger partial charge in [-0.25, -0.2) is 0 Å². The molecule has 6 heteroatoms. The first-order valence-corrected chi connectivity index (χ1v) is 9.50. The first-order valence-electron chi connectivity index (χ1n) is 9.50. The number of anilines is 1. The molecular formula is C22H24N2O4. The normalized spacial score (nSPS) is 15.1. The molecule has 0 aliphatic carbocycles. The lowest BCUT2D eigenvalue weighted by Crippen LogP contribution is -2.40. The summed E-state index contributed by atoms with van der Waals surface area (Å²) in [4.78, 5) is 29.0. The molecule has 4 rings (SSSR count). The minimum absolute atomic E-state index is 0.100. The van der Waals surface area contributed by atoms with Crippen LogP contribution >= 0.6 is 0 Å². The van der Waals surface area contributed by atoms with Gasteiger partial charge in [0.05, 0.1) is 14.2 Å². The molecule has 0 atom stereocenters. The van der Waals surface area contributed by atoms with E-state index in [1.807, 2.05) is 36.4 Å². The Labute approximate surface area is 164 Å². The number of carbonyl (C=O) groups is 2. The van der Waals surface area contributed by atoms with Crippen LogP contribution in [0.3, 0.4) is 0 Å². The quantitative estimate of drug-likeness (QED) is 0.765. The molecular weight excluding hydrogens is 356 g/mol. The first kappa shape index (κ1) is 18.3. The van der Waals surface area contributed by atoms with Crippen LogP contribution in [0.15, 0.2) is 36.4 Å². The van der Waals surface area contributed by atoms with Gasteiger partial charge in [0, 0.05) is 25.3 Å². The molecule has 6 nitrogen and oxygen atoms in total. The molecule has 0 bridgehead atoms. The summed E-state index contributed by atoms with van der Waals surface area (Å²) >= 11 is 0. The van der Waals surface area contributed by atoms with Gasteiger partial charge in [0.1, 0.15) is 6.42 Å². The van der Waals surface area contributed by atoms with Gasteiger partial charge in [0.2, 0.25) is 11.8 Å². The lowest BCUT2D eigenvalue weighted by Gasteiger charge is -2.30. The fourth-order valence-corrected chi connectivity index (χ4v) is 4.03. The highest BCUT2D eigenvalue weighted by Crippen LogP contribution is 2.33. The zero-order valence-electron chi connectivity index (χ0n) is 16.2. The van der Waals surface area contributed by atoms with Crippen molar-refractivity contribution in [1.29, 1.82) is 0 Å². The Balaban J connectivity index is 1.45. The summed E-state index contributed by atoms with van der Waals surface area (Å²) in [5.41, 5.74) is 4.29. The molecule has 0 radical (unpaired) electrons. The maximum atomic E-state index is 12.8. The van der Waals surface area contributed by atoms with Crippen LogP contribution < -0.4 is 14.4 Å². The second-order valence-corrected chi connectivity index (χ2v) is 7.14. The number of hydrogen-bond acceptors (Lipinski definition) is 4. The minimum atomic E-state index is -0.131. The Hall–Kier alpha value is -3.02. The van der Waals surface area contributed by atoms with E-state index in [0.717, 1.165) is 35.2 Å². The van der Waals surface area contributed by atoms with Crippen molar-refractivity contribution in [2.75, 3.05) is 32.2 Å². The van der Waals surface area contributed by atoms with Crippen LogP contribution in [0.4, 0.5) is 5.69 Å². The first-order chi connectivity index (χ1) is 13.6. The standard InChI is InChI=1S/C22H24N2O4/c1-27-19-11-16-7-9-23(14-17(16)12-20(19)28-2)21(25)13-22(26)24-10-8-15-5-3-4-6-18(15)24/h3-6,11-12H,7-10,13-14H2,1-2H3. The molecule has 0 unspecified atom stereocenters. The Morgan fingerprint density at radius 3 is 2.32 bits per heavy atom. The van der Waals surface area contributed by atoms with Crippen molar-refractivity contribution in [2.24, 2.45) is 0 Å². The SMILES string of the molecule is COc1cc2c(cc1OC)CN(C(=O)CC(=O)N1CCc3ccccc31)CC2. The van der Waals surface area contributed by atoms with Gasteiger partial charge in [-0.05, 0) is 47.7 Å². The molecule has 2 aromatic carbocycles. The van der Waals surface area contributed by atoms with Crippen molar-refractivity contribution in [1.82, 2.24) is 4.90 Å². The number of hydrogen-bond donors (Lipinski definition) is 0. The second-order valence-electron chi connectivity index (χ2n) is 7.14. The number of amides is 2. The van der Waals surface area contributed by atoms with Gasteiger partial charge in [0.25, 0.3) is 0 Å². The molecule has 0 N–H and O–H groups in total. The van der Waals surface area contributed by atoms with Crippen LogP contribution in [0.25, 0.3) is 0 Å². The molecule has 0 saturated heterocycles. The monoisotopic (exact) mass is 380 g/mol. The summed E-state index contributed by atoms with van der Waals surface area (Å²) in [6, 6.07) is 11.8. The van der Waals surface area contributed by atoms with Crippen LogP contribution in [-0.2, 0) is 29.0 Å². The van der Waals surface area contributed by atoms with E-state index in [9.17, 15) is 9.59 Å². The predicted octanol–water partition coefficient (Wildman–Crippen LogP) is 2.57. The van der Waals surface area contributed by atoms with E-state index in [0.29, 0.717) is 31.1 Å². The third-order valence-electron chi connectivity index (χ3n) is 5.56. The average Bonchev–Trinajstić information content (AvgIpc) is 3.16. The van der Waals surface area contributed by atoms with Crippen LogP contribution in [0.1, 0.15) is 23.1 Å². The number of carbonyl (C=O) groups excluding carboxylic acids is 2. The van der Waals surface area contributed by atoms with Gasteiger partial charge < -0.3 is 19.3 Å². The van der Waals surface area contributed by atoms with E-state index in [2.05, 4.69) is 0 Å². The van der Waals surface area contributed by atoms with E-state index in [-0.39, 0.29) is 18.2 Å². The van der Waals surface area contributed by atoms with Crippen LogP contribution in [0, 0.1) is 0 Å². The maximum Gasteiger partial charge on any atom is 0.236 e. The Kier molecular flexibility index (Phi) is 4.94. The highest BCUT2D eigenvalue weighted by Gasteiger charge is 2.29. The fraction of sp³-hybridized carbons (Fsp3) is 0.364. The molecule has 2 aliphatic heterocycles. The molecule has 2 aliphatic rings. The summed E-state index contributed by atoms with van der Waals surface area (Å²) in [5.74, 6) is 1.09. The summed E-state index contributed by atoms with van der Waals surface area (Å²) in [7, 11) is 3.22. The number of benzene rings is 2. The van der Waals surface area contributed by atoms with E-state index in [4.69, 9.17) is 9.47 Å². The summed E-state index contributed by atoms with van der Waals surface area (Å²) in [6.45, 7) is 1.73. The van der Waals surface area contributed by atoms with Crippen LogP contribution in [0.2, 0.25) is 0 Å². The molecule has 28 heavy (non-hydrogen) atoms. The van der Waals surface area contributed by atoms with Gasteiger partial charge in [-0.2, -0.15) is 0 Å². The van der Waals surface area contributed by atoms with Crippen molar-refractivity contribution in [3.63, 3.8) is 0 Å². The van der Waals surface area contributed by atoms with Crippen molar-refractivity contribution in [2.45, 2.75) is 25.8 Å². The smallest absolute Gasteiger partial charge is 0.236 e. The highest BCUT2D eigenvalue weighted by atomic mass is 16.5. The van der Waals surface area contributed by atoms with Gasteiger partial charge in [-0.3, -0.25) is 9.59 Å². The second kappa shape index (κ2) is 7.54. The molecule has 0 fully saturated rings. The zero-order chi connectivity index (χ0) is 19.7. The van der Waals surface area contributed by atoms with E-state index < -0.39 is 0 Å². The van der Waals surface area contributed by atoms with Crippen molar-refractivity contribution in [3.8, 4) is 11.5 Å². The number of para-hydroxylation sites is 1. The summed E-state index contributed by atoms with van der Waals surface area (Å²) in [5, 5.41) is 0. The molecule has 146 valence electrons. The van der Waals surface area contributed by atoms with Crippen molar-refractivity contribution in [3.05, 3.63) is 53.1 Å². The number of nitrogens with zero attached hydrogens (tertiary/aromatic N) is 2. The number of ether oxygens (including phenoxy) is 2. The average molecular weight is 380 g/mol. The molecule has 0 spiro atoms. The molecule has 0 saturated carbocycles. The Bertz CT molecular complexity index is 925. The summed E-state index contributed by atoms with van der Waals surface area (Å²) < 4.78 is 10.7. The molecule has 2 amide bonds. The third-order valence-corrected chi connectivity index (χ3v) is 5.56. The Morgan fingerprint density at radius 2 is 1.57 bits per heavy atom. The fourth-order valence-electron chi connectivity index (χ4n) is 4.03. The highest BCUT2D eigenvalue weighted by molar-refractivity contribution is 6.06. The number of methoxy groups -OCH3 is 2. The number of rotatable bonds is 4. The molecule has 2 heterocycles.